The number of anilines is 1. The summed E-state index contributed by atoms with van der Waals surface area (Å²) in [5.74, 6) is -0.450. The number of aromatic nitrogens is 2. The lowest BCUT2D eigenvalue weighted by Gasteiger charge is -2.04. The van der Waals surface area contributed by atoms with E-state index in [0.29, 0.717) is 11.4 Å². The van der Waals surface area contributed by atoms with E-state index in [0.717, 1.165) is 6.26 Å². The summed E-state index contributed by atoms with van der Waals surface area (Å²) < 4.78 is 21.8. The van der Waals surface area contributed by atoms with Gasteiger partial charge in [0.1, 0.15) is 9.84 Å². The molecule has 1 rings (SSSR count). The molecule has 0 atom stereocenters. The van der Waals surface area contributed by atoms with E-state index in [1.165, 1.54) is 0 Å². The van der Waals surface area contributed by atoms with Crippen molar-refractivity contribution in [2.75, 3.05) is 24.3 Å². The maximum absolute atomic E-state index is 11.7. The number of aromatic amines is 1. The summed E-state index contributed by atoms with van der Waals surface area (Å²) >= 11 is 0. The standard InChI is InChI=1S/C10H18N4O3S/c1-6(2)8-7(11)9(14-13-8)10(15)12-4-5-18(3,16)17/h6H,4-5,11H2,1-3H3,(H,12,15)(H,13,14). The first-order valence-corrected chi connectivity index (χ1v) is 7.58. The van der Waals surface area contributed by atoms with Crippen LogP contribution in [0.25, 0.3) is 0 Å². The van der Waals surface area contributed by atoms with Gasteiger partial charge in [-0.2, -0.15) is 5.10 Å². The van der Waals surface area contributed by atoms with Gasteiger partial charge >= 0.3 is 0 Å². The Morgan fingerprint density at radius 1 is 1.50 bits per heavy atom. The number of rotatable bonds is 5. The molecule has 1 heterocycles. The van der Waals surface area contributed by atoms with E-state index >= 15 is 0 Å². The van der Waals surface area contributed by atoms with Crippen LogP contribution < -0.4 is 11.1 Å². The van der Waals surface area contributed by atoms with Gasteiger partial charge in [-0.15, -0.1) is 0 Å². The maximum Gasteiger partial charge on any atom is 0.273 e. The summed E-state index contributed by atoms with van der Waals surface area (Å²) in [6.45, 7) is 3.89. The second kappa shape index (κ2) is 5.38. The minimum absolute atomic E-state index is 0.0426. The minimum atomic E-state index is -3.09. The molecular weight excluding hydrogens is 256 g/mol. The Kier molecular flexibility index (Phi) is 4.33. The van der Waals surface area contributed by atoms with Gasteiger partial charge < -0.3 is 11.1 Å². The molecule has 0 aliphatic rings. The lowest BCUT2D eigenvalue weighted by Crippen LogP contribution is -2.29. The Bertz CT molecular complexity index is 533. The van der Waals surface area contributed by atoms with Crippen LogP contribution in [0.2, 0.25) is 0 Å². The van der Waals surface area contributed by atoms with Crippen LogP contribution >= 0.6 is 0 Å². The zero-order valence-corrected chi connectivity index (χ0v) is 11.5. The molecule has 0 bridgehead atoms. The predicted molar refractivity (Wildman–Crippen MR) is 69.1 cm³/mol. The van der Waals surface area contributed by atoms with Gasteiger partial charge in [0.2, 0.25) is 0 Å². The second-order valence-electron chi connectivity index (χ2n) is 4.44. The summed E-state index contributed by atoms with van der Waals surface area (Å²) in [5, 5.41) is 9.02. The number of nitrogens with one attached hydrogen (secondary N) is 2. The molecule has 0 aliphatic carbocycles. The van der Waals surface area contributed by atoms with E-state index < -0.39 is 15.7 Å². The summed E-state index contributed by atoms with van der Waals surface area (Å²) in [4.78, 5) is 11.7. The summed E-state index contributed by atoms with van der Waals surface area (Å²) in [6.07, 6.45) is 1.11. The molecule has 0 aliphatic heterocycles. The van der Waals surface area contributed by atoms with Gasteiger partial charge in [0.05, 0.1) is 17.1 Å². The van der Waals surface area contributed by atoms with E-state index in [-0.39, 0.29) is 23.9 Å². The molecule has 0 saturated heterocycles. The molecule has 0 fully saturated rings. The van der Waals surface area contributed by atoms with Gasteiger partial charge in [-0.25, -0.2) is 8.42 Å². The molecule has 4 N–H and O–H groups in total. The second-order valence-corrected chi connectivity index (χ2v) is 6.70. The monoisotopic (exact) mass is 274 g/mol. The average molecular weight is 274 g/mol. The Morgan fingerprint density at radius 2 is 2.11 bits per heavy atom. The Labute approximate surface area is 106 Å². The normalized spacial score (nSPS) is 11.8. The maximum atomic E-state index is 11.7. The van der Waals surface area contributed by atoms with Crippen molar-refractivity contribution in [1.29, 1.82) is 0 Å². The third kappa shape index (κ3) is 3.73. The highest BCUT2D eigenvalue weighted by Gasteiger charge is 2.18. The smallest absolute Gasteiger partial charge is 0.273 e. The number of sulfone groups is 1. The Balaban J connectivity index is 2.68. The van der Waals surface area contributed by atoms with Crippen LogP contribution in [-0.4, -0.2) is 43.1 Å². The summed E-state index contributed by atoms with van der Waals surface area (Å²) in [5.41, 5.74) is 6.90. The minimum Gasteiger partial charge on any atom is -0.395 e. The number of hydrogen-bond donors (Lipinski definition) is 3. The number of nitrogens with two attached hydrogens (primary N) is 1. The van der Waals surface area contributed by atoms with Gasteiger partial charge in [0, 0.05) is 12.8 Å². The van der Waals surface area contributed by atoms with Gasteiger partial charge in [0.15, 0.2) is 5.69 Å². The quantitative estimate of drug-likeness (QED) is 0.692. The molecule has 0 unspecified atom stereocenters. The fourth-order valence-corrected chi connectivity index (χ4v) is 1.88. The molecular formula is C10H18N4O3S. The molecule has 0 spiro atoms. The molecule has 1 aromatic heterocycles. The predicted octanol–water partition coefficient (Wildman–Crippen LogP) is -0.110. The van der Waals surface area contributed by atoms with Crippen LogP contribution in [0.5, 0.6) is 0 Å². The zero-order chi connectivity index (χ0) is 13.9. The van der Waals surface area contributed by atoms with Crippen molar-refractivity contribution < 1.29 is 13.2 Å². The number of nitrogens with zero attached hydrogens (tertiary/aromatic N) is 1. The van der Waals surface area contributed by atoms with Crippen LogP contribution in [0.3, 0.4) is 0 Å². The van der Waals surface area contributed by atoms with E-state index in [1.807, 2.05) is 13.8 Å². The lowest BCUT2D eigenvalue weighted by atomic mass is 10.1. The topological polar surface area (TPSA) is 118 Å². The van der Waals surface area contributed by atoms with Crippen LogP contribution in [0.1, 0.15) is 35.9 Å². The molecule has 0 saturated carbocycles. The van der Waals surface area contributed by atoms with Crippen molar-refractivity contribution >= 4 is 21.4 Å². The van der Waals surface area contributed by atoms with E-state index in [2.05, 4.69) is 15.5 Å². The molecule has 18 heavy (non-hydrogen) atoms. The largest absolute Gasteiger partial charge is 0.395 e. The third-order valence-corrected chi connectivity index (χ3v) is 3.33. The summed E-state index contributed by atoms with van der Waals surface area (Å²) in [6, 6.07) is 0. The zero-order valence-electron chi connectivity index (χ0n) is 10.6. The molecule has 0 aromatic carbocycles. The highest BCUT2D eigenvalue weighted by atomic mass is 32.2. The first-order valence-electron chi connectivity index (χ1n) is 5.52. The van der Waals surface area contributed by atoms with Gasteiger partial charge in [-0.1, -0.05) is 13.8 Å². The molecule has 0 radical (unpaired) electrons. The van der Waals surface area contributed by atoms with Crippen molar-refractivity contribution in [3.05, 3.63) is 11.4 Å². The van der Waals surface area contributed by atoms with Crippen molar-refractivity contribution in [3.8, 4) is 0 Å². The number of amides is 1. The Morgan fingerprint density at radius 3 is 2.56 bits per heavy atom. The first-order chi connectivity index (χ1) is 8.22. The number of hydrogen-bond acceptors (Lipinski definition) is 5. The van der Waals surface area contributed by atoms with Crippen LogP contribution in [0, 0.1) is 0 Å². The van der Waals surface area contributed by atoms with E-state index in [9.17, 15) is 13.2 Å². The molecule has 102 valence electrons. The van der Waals surface area contributed by atoms with Crippen molar-refractivity contribution in [2.45, 2.75) is 19.8 Å². The third-order valence-electron chi connectivity index (χ3n) is 2.38. The van der Waals surface area contributed by atoms with E-state index in [1.54, 1.807) is 0 Å². The lowest BCUT2D eigenvalue weighted by molar-refractivity contribution is 0.0952. The number of carbonyl (C=O) groups excluding carboxylic acids is 1. The molecule has 1 amide bonds. The molecule has 7 nitrogen and oxygen atoms in total. The van der Waals surface area contributed by atoms with Crippen molar-refractivity contribution in [2.24, 2.45) is 0 Å². The molecule has 8 heteroatoms. The van der Waals surface area contributed by atoms with Crippen LogP contribution in [-0.2, 0) is 9.84 Å². The van der Waals surface area contributed by atoms with Gasteiger partial charge in [0.25, 0.3) is 5.91 Å². The number of H-pyrrole nitrogens is 1. The number of carbonyl (C=O) groups is 1. The van der Waals surface area contributed by atoms with Crippen molar-refractivity contribution in [1.82, 2.24) is 15.5 Å². The first kappa shape index (κ1) is 14.5. The Hall–Kier alpha value is -1.57. The SMILES string of the molecule is CC(C)c1[nH]nc(C(=O)NCCS(C)(=O)=O)c1N. The van der Waals surface area contributed by atoms with E-state index in [4.69, 9.17) is 5.73 Å². The van der Waals surface area contributed by atoms with Crippen molar-refractivity contribution in [3.63, 3.8) is 0 Å². The van der Waals surface area contributed by atoms with Crippen LogP contribution in [0.15, 0.2) is 0 Å². The number of nitrogen functional groups attached to an aromatic ring is 1. The molecule has 1 aromatic rings. The average Bonchev–Trinajstić information content (AvgIpc) is 2.57. The fraction of sp³-hybridized carbons (Fsp3) is 0.600. The highest BCUT2D eigenvalue weighted by molar-refractivity contribution is 7.90. The fourth-order valence-electron chi connectivity index (χ4n) is 1.41. The van der Waals surface area contributed by atoms with Crippen LogP contribution in [0.4, 0.5) is 5.69 Å². The highest BCUT2D eigenvalue weighted by Crippen LogP contribution is 2.21. The summed E-state index contributed by atoms with van der Waals surface area (Å²) in [7, 11) is -3.09. The van der Waals surface area contributed by atoms with Gasteiger partial charge in [-0.3, -0.25) is 9.89 Å². The van der Waals surface area contributed by atoms with Gasteiger partial charge in [-0.05, 0) is 5.92 Å².